The lowest BCUT2D eigenvalue weighted by molar-refractivity contribution is -0.456. The number of carbonyl (C=O) groups is 3. The Kier molecular flexibility index (Phi) is 5.26. The molecule has 2 aliphatic rings. The average molecular weight is 403 g/mol. The molecule has 0 amide bonds. The van der Waals surface area contributed by atoms with Gasteiger partial charge in [-0.15, -0.1) is 0 Å². The highest BCUT2D eigenvalue weighted by Gasteiger charge is 2.40. The highest BCUT2D eigenvalue weighted by Crippen LogP contribution is 2.39. The van der Waals surface area contributed by atoms with Crippen LogP contribution in [0.2, 0.25) is 0 Å². The van der Waals surface area contributed by atoms with Crippen molar-refractivity contribution in [3.8, 4) is 11.5 Å². The van der Waals surface area contributed by atoms with E-state index < -0.39 is 30.0 Å². The number of carboxylic acids is 3. The molecule has 0 aromatic heterocycles. The van der Waals surface area contributed by atoms with E-state index >= 15 is 0 Å². The van der Waals surface area contributed by atoms with Gasteiger partial charge in [0.05, 0.1) is 19.6 Å². The molecule has 0 unspecified atom stereocenters. The van der Waals surface area contributed by atoms with Crippen LogP contribution in [0.5, 0.6) is 11.5 Å². The van der Waals surface area contributed by atoms with E-state index in [-0.39, 0.29) is 30.0 Å². The largest absolute Gasteiger partial charge is 0.504 e. The molecule has 10 nitrogen and oxygen atoms in total. The summed E-state index contributed by atoms with van der Waals surface area (Å²) in [5.74, 6) is -3.50. The molecule has 0 bridgehead atoms. The fourth-order valence-corrected chi connectivity index (χ4v) is 3.36. The van der Waals surface area contributed by atoms with Gasteiger partial charge in [0.15, 0.2) is 17.7 Å². The zero-order valence-corrected chi connectivity index (χ0v) is 15.3. The van der Waals surface area contributed by atoms with Gasteiger partial charge in [-0.3, -0.25) is 0 Å². The van der Waals surface area contributed by atoms with Gasteiger partial charge in [0, 0.05) is 18.1 Å². The maximum absolute atomic E-state index is 11.7. The van der Waals surface area contributed by atoms with Crippen LogP contribution in [0.1, 0.15) is 12.0 Å². The Morgan fingerprint density at radius 1 is 1.17 bits per heavy atom. The number of nitrogens with one attached hydrogen (secondary N) is 1. The summed E-state index contributed by atoms with van der Waals surface area (Å²) in [4.78, 5) is 34.2. The van der Waals surface area contributed by atoms with Crippen LogP contribution >= 0.6 is 0 Å². The maximum atomic E-state index is 11.7. The summed E-state index contributed by atoms with van der Waals surface area (Å²) in [6.07, 6.45) is 4.43. The number of aromatic hydroxyl groups is 1. The van der Waals surface area contributed by atoms with Crippen LogP contribution in [0.4, 0.5) is 5.69 Å². The molecule has 0 saturated heterocycles. The van der Waals surface area contributed by atoms with E-state index in [1.165, 1.54) is 36.1 Å². The van der Waals surface area contributed by atoms with Crippen molar-refractivity contribution in [2.24, 2.45) is 0 Å². The number of hydrogen-bond acceptors (Lipinski definition) is 6. The van der Waals surface area contributed by atoms with Crippen LogP contribution in [-0.2, 0) is 20.8 Å². The number of allylic oxidation sites excluding steroid dienone is 2. The van der Waals surface area contributed by atoms with Gasteiger partial charge < -0.3 is 30.5 Å². The number of aliphatic carboxylic acids is 3. The second-order valence-electron chi connectivity index (χ2n) is 6.61. The first-order valence-electron chi connectivity index (χ1n) is 8.60. The van der Waals surface area contributed by atoms with Crippen molar-refractivity contribution in [2.45, 2.75) is 24.9 Å². The summed E-state index contributed by atoms with van der Waals surface area (Å²) in [5, 5.41) is 40.4. The number of ether oxygens (including phenoxy) is 1. The van der Waals surface area contributed by atoms with Crippen LogP contribution in [0.3, 0.4) is 0 Å². The first-order valence-corrected chi connectivity index (χ1v) is 8.60. The molecule has 3 rings (SSSR count). The van der Waals surface area contributed by atoms with Gasteiger partial charge in [-0.05, 0) is 17.7 Å². The predicted molar refractivity (Wildman–Crippen MR) is 98.7 cm³/mol. The van der Waals surface area contributed by atoms with Crippen molar-refractivity contribution in [3.05, 3.63) is 41.1 Å². The number of hydrogen-bond donors (Lipinski definition) is 5. The number of phenolic OH excluding ortho intramolecular Hbond substituents is 1. The molecule has 10 heteroatoms. The zero-order chi connectivity index (χ0) is 21.3. The Bertz CT molecular complexity index is 992. The van der Waals surface area contributed by atoms with Crippen molar-refractivity contribution < 1.29 is 44.1 Å². The fourth-order valence-electron chi connectivity index (χ4n) is 3.36. The lowest BCUT2D eigenvalue weighted by Gasteiger charge is -2.21. The van der Waals surface area contributed by atoms with Crippen LogP contribution in [0.25, 0.3) is 0 Å². The second-order valence-corrected chi connectivity index (χ2v) is 6.61. The van der Waals surface area contributed by atoms with E-state index in [0.29, 0.717) is 16.8 Å². The Hall–Kier alpha value is -3.82. The normalized spacial score (nSPS) is 23.3. The first-order chi connectivity index (χ1) is 13.7. The van der Waals surface area contributed by atoms with E-state index in [1.54, 1.807) is 6.07 Å². The van der Waals surface area contributed by atoms with Crippen molar-refractivity contribution in [1.29, 1.82) is 0 Å². The third-order valence-electron chi connectivity index (χ3n) is 4.77. The maximum Gasteiger partial charge on any atom is 0.373 e. The van der Waals surface area contributed by atoms with Gasteiger partial charge in [0.2, 0.25) is 5.69 Å². The van der Waals surface area contributed by atoms with Crippen molar-refractivity contribution in [2.75, 3.05) is 7.11 Å². The molecule has 0 aliphatic carbocycles. The number of rotatable bonds is 5. The van der Waals surface area contributed by atoms with Crippen molar-refractivity contribution in [1.82, 2.24) is 5.32 Å². The summed E-state index contributed by atoms with van der Waals surface area (Å²) in [7, 11) is 1.39. The molecule has 0 radical (unpaired) electrons. The topological polar surface area (TPSA) is 156 Å². The van der Waals surface area contributed by atoms with Gasteiger partial charge in [0.1, 0.15) is 11.7 Å². The van der Waals surface area contributed by atoms with Gasteiger partial charge in [-0.2, -0.15) is 4.58 Å². The van der Waals surface area contributed by atoms with Gasteiger partial charge in [-0.25, -0.2) is 14.4 Å². The smallest absolute Gasteiger partial charge is 0.373 e. The van der Waals surface area contributed by atoms with Crippen LogP contribution in [0.15, 0.2) is 35.6 Å². The van der Waals surface area contributed by atoms with Crippen LogP contribution in [0, 0.1) is 0 Å². The lowest BCUT2D eigenvalue weighted by Crippen LogP contribution is -2.41. The standard InChI is InChI=1S/C19H18N2O8/c1-29-16-7-10-6-14(19(27)28)21(13(10)8-15(16)22)3-2-9-4-11(17(23)24)20-12(5-9)18(25)26/h2-4,7-8,12,14H,5-6H2,1H3,(H4,22,23,24,25,26,27,28)/p+1/t12-,14+/m1/s1. The molecule has 2 heterocycles. The molecule has 152 valence electrons. The summed E-state index contributed by atoms with van der Waals surface area (Å²) in [6.45, 7) is 0. The third kappa shape index (κ3) is 3.91. The van der Waals surface area contributed by atoms with Gasteiger partial charge in [0.25, 0.3) is 6.04 Å². The molecular weight excluding hydrogens is 384 g/mol. The minimum atomic E-state index is -1.30. The lowest BCUT2D eigenvalue weighted by atomic mass is 10.00. The Morgan fingerprint density at radius 3 is 2.48 bits per heavy atom. The molecule has 1 aromatic carbocycles. The predicted octanol–water partition coefficient (Wildman–Crippen LogP) is 0.466. The van der Waals surface area contributed by atoms with E-state index in [0.717, 1.165) is 0 Å². The average Bonchev–Trinajstić information content (AvgIpc) is 3.02. The quantitative estimate of drug-likeness (QED) is 0.441. The number of methoxy groups -OCH3 is 1. The van der Waals surface area contributed by atoms with E-state index in [9.17, 15) is 34.8 Å². The van der Waals surface area contributed by atoms with Gasteiger partial charge >= 0.3 is 17.9 Å². The van der Waals surface area contributed by atoms with Crippen LogP contribution in [-0.4, -0.2) is 68.3 Å². The Labute approximate surface area is 164 Å². The molecule has 0 saturated carbocycles. The number of nitrogens with zero attached hydrogens (tertiary/aromatic N) is 1. The number of benzene rings is 1. The summed E-state index contributed by atoms with van der Waals surface area (Å²) in [5.41, 5.74) is 1.28. The first kappa shape index (κ1) is 19.9. The Morgan fingerprint density at radius 2 is 1.90 bits per heavy atom. The minimum absolute atomic E-state index is 0.0227. The molecule has 2 atom stereocenters. The molecular formula is C19H19N2O8+. The number of phenols is 1. The summed E-state index contributed by atoms with van der Waals surface area (Å²) < 4.78 is 6.50. The van der Waals surface area contributed by atoms with E-state index in [4.69, 9.17) is 4.74 Å². The molecule has 0 spiro atoms. The van der Waals surface area contributed by atoms with E-state index in [1.807, 2.05) is 0 Å². The third-order valence-corrected chi connectivity index (χ3v) is 4.77. The van der Waals surface area contributed by atoms with E-state index in [2.05, 4.69) is 5.32 Å². The van der Waals surface area contributed by atoms with Crippen LogP contribution < -0.4 is 10.1 Å². The second kappa shape index (κ2) is 7.66. The van der Waals surface area contributed by atoms with Gasteiger partial charge in [-0.1, -0.05) is 0 Å². The van der Waals surface area contributed by atoms with Crippen molar-refractivity contribution >= 4 is 29.8 Å². The summed E-state index contributed by atoms with van der Waals surface area (Å²) in [6, 6.07) is 0.913. The molecule has 0 fully saturated rings. The molecule has 2 aliphatic heterocycles. The molecule has 5 N–H and O–H groups in total. The minimum Gasteiger partial charge on any atom is -0.504 e. The highest BCUT2D eigenvalue weighted by molar-refractivity contribution is 5.89. The zero-order valence-electron chi connectivity index (χ0n) is 15.3. The molecule has 29 heavy (non-hydrogen) atoms. The summed E-state index contributed by atoms with van der Waals surface area (Å²) >= 11 is 0. The SMILES string of the molecule is COc1cc2c(cc1O)[N+](=C/C=C1\C=C(C(=O)O)N[C@@H](C(=O)O)C1)[C@H](C(=O)O)C2. The monoisotopic (exact) mass is 403 g/mol. The number of carboxylic acid groups (broad SMARTS) is 3. The molecule has 1 aromatic rings. The fraction of sp³-hybridized carbons (Fsp3) is 0.263. The Balaban J connectivity index is 2.05. The highest BCUT2D eigenvalue weighted by atomic mass is 16.5. The number of fused-ring (bicyclic) bond motifs is 1. The van der Waals surface area contributed by atoms with Crippen molar-refractivity contribution in [3.63, 3.8) is 0 Å².